The van der Waals surface area contributed by atoms with Crippen molar-refractivity contribution in [3.8, 4) is 0 Å². The van der Waals surface area contributed by atoms with E-state index in [1.807, 2.05) is 43.3 Å². The number of ether oxygens (including phenoxy) is 1. The maximum Gasteiger partial charge on any atom is 0.338 e. The molecule has 1 saturated heterocycles. The quantitative estimate of drug-likeness (QED) is 0.376. The van der Waals surface area contributed by atoms with Crippen molar-refractivity contribution >= 4 is 57.7 Å². The van der Waals surface area contributed by atoms with Crippen LogP contribution in [0, 0.1) is 6.92 Å². The number of carbonyl (C=O) groups excluding carboxylic acids is 3. The van der Waals surface area contributed by atoms with E-state index in [9.17, 15) is 14.4 Å². The van der Waals surface area contributed by atoms with Crippen molar-refractivity contribution in [2.24, 2.45) is 4.99 Å². The first-order valence-corrected chi connectivity index (χ1v) is 13.0. The smallest absolute Gasteiger partial charge is 0.338 e. The van der Waals surface area contributed by atoms with E-state index in [0.717, 1.165) is 11.1 Å². The highest BCUT2D eigenvalue weighted by Gasteiger charge is 2.36. The summed E-state index contributed by atoms with van der Waals surface area (Å²) >= 11 is 7.43. The number of amides is 2. The minimum absolute atomic E-state index is 0.0315. The van der Waals surface area contributed by atoms with Gasteiger partial charge in [0, 0.05) is 17.1 Å². The molecule has 1 fully saturated rings. The Kier molecular flexibility index (Phi) is 8.63. The summed E-state index contributed by atoms with van der Waals surface area (Å²) in [6.07, 6.45) is 0.0315. The second-order valence-corrected chi connectivity index (χ2v) is 9.97. The van der Waals surface area contributed by atoms with E-state index < -0.39 is 11.2 Å². The minimum atomic E-state index is -0.669. The lowest BCUT2D eigenvalue weighted by atomic mass is 10.2. The topological polar surface area (TPSA) is 88.1 Å². The van der Waals surface area contributed by atoms with Gasteiger partial charge in [-0.05, 0) is 61.4 Å². The summed E-state index contributed by atoms with van der Waals surface area (Å²) in [6, 6.07) is 21.5. The number of hydrogen-bond acceptors (Lipinski definition) is 6. The van der Waals surface area contributed by atoms with E-state index in [1.165, 1.54) is 11.8 Å². The van der Waals surface area contributed by atoms with Crippen LogP contribution in [0.2, 0.25) is 5.02 Å². The molecule has 0 unspecified atom stereocenters. The van der Waals surface area contributed by atoms with Crippen LogP contribution >= 0.6 is 23.4 Å². The van der Waals surface area contributed by atoms with Crippen molar-refractivity contribution < 1.29 is 19.1 Å². The number of amidine groups is 1. The normalized spacial score (nSPS) is 16.5. The third kappa shape index (κ3) is 6.78. The number of nitrogens with one attached hydrogen (secondary N) is 1. The fourth-order valence-corrected chi connectivity index (χ4v) is 4.93. The third-order valence-electron chi connectivity index (χ3n) is 5.66. The van der Waals surface area contributed by atoms with E-state index in [1.54, 1.807) is 48.2 Å². The van der Waals surface area contributed by atoms with Crippen LogP contribution in [0.25, 0.3) is 0 Å². The van der Waals surface area contributed by atoms with E-state index in [-0.39, 0.29) is 24.8 Å². The van der Waals surface area contributed by atoms with Crippen LogP contribution in [0.15, 0.2) is 77.8 Å². The summed E-state index contributed by atoms with van der Waals surface area (Å²) in [5.41, 5.74) is 3.37. The Labute approximate surface area is 224 Å². The maximum atomic E-state index is 13.3. The van der Waals surface area contributed by atoms with Gasteiger partial charge in [-0.3, -0.25) is 14.5 Å². The number of nitrogens with zero attached hydrogens (tertiary/aromatic N) is 2. The van der Waals surface area contributed by atoms with Gasteiger partial charge in [-0.25, -0.2) is 9.79 Å². The number of halogens is 1. The van der Waals surface area contributed by atoms with Gasteiger partial charge < -0.3 is 10.1 Å². The van der Waals surface area contributed by atoms with Crippen LogP contribution in [0.4, 0.5) is 11.4 Å². The number of hydrogen-bond donors (Lipinski definition) is 1. The highest BCUT2D eigenvalue weighted by molar-refractivity contribution is 8.15. The number of anilines is 1. The fourth-order valence-electron chi connectivity index (χ4n) is 3.65. The van der Waals surface area contributed by atoms with Crippen LogP contribution in [0.1, 0.15) is 34.8 Å². The molecule has 0 spiro atoms. The number of aryl methyl sites for hydroxylation is 1. The molecule has 1 atom stereocenters. The second-order valence-electron chi connectivity index (χ2n) is 8.39. The van der Waals surface area contributed by atoms with Crippen molar-refractivity contribution in [3.63, 3.8) is 0 Å². The zero-order valence-electron chi connectivity index (χ0n) is 20.4. The highest BCUT2D eigenvalue weighted by atomic mass is 35.5. The van der Waals surface area contributed by atoms with Crippen molar-refractivity contribution in [2.45, 2.75) is 32.1 Å². The average molecular weight is 536 g/mol. The SMILES string of the molecule is CCOC(=O)c1ccc(N=C2S[C@@H](C(=O)Nc3ccc(C)c(Cl)c3)CC(=O)N2Cc2ccccc2)cc1. The predicted octanol–water partition coefficient (Wildman–Crippen LogP) is 5.99. The molecule has 4 rings (SSSR count). The van der Waals surface area contributed by atoms with Crippen LogP contribution < -0.4 is 5.32 Å². The second kappa shape index (κ2) is 12.1. The lowest BCUT2D eigenvalue weighted by Crippen LogP contribution is -2.44. The van der Waals surface area contributed by atoms with Crippen molar-refractivity contribution in [1.29, 1.82) is 0 Å². The minimum Gasteiger partial charge on any atom is -0.462 e. The zero-order chi connectivity index (χ0) is 26.4. The van der Waals surface area contributed by atoms with Crippen LogP contribution in [-0.4, -0.2) is 39.7 Å². The molecule has 0 bridgehead atoms. The van der Waals surface area contributed by atoms with E-state index in [4.69, 9.17) is 16.3 Å². The third-order valence-corrected chi connectivity index (χ3v) is 7.25. The van der Waals surface area contributed by atoms with Gasteiger partial charge in [-0.2, -0.15) is 0 Å². The van der Waals surface area contributed by atoms with Gasteiger partial charge >= 0.3 is 5.97 Å². The zero-order valence-corrected chi connectivity index (χ0v) is 22.0. The molecule has 9 heteroatoms. The summed E-state index contributed by atoms with van der Waals surface area (Å²) < 4.78 is 5.03. The highest BCUT2D eigenvalue weighted by Crippen LogP contribution is 2.31. The summed E-state index contributed by atoms with van der Waals surface area (Å²) in [4.78, 5) is 44.6. The Morgan fingerprint density at radius 2 is 1.84 bits per heavy atom. The summed E-state index contributed by atoms with van der Waals surface area (Å²) in [5, 5.41) is 3.15. The number of benzene rings is 3. The number of carbonyl (C=O) groups is 3. The largest absolute Gasteiger partial charge is 0.462 e. The number of aliphatic imine (C=N–C) groups is 1. The number of thioether (sulfide) groups is 1. The molecular formula is C28H26ClN3O4S. The van der Waals surface area contributed by atoms with Gasteiger partial charge in [0.1, 0.15) is 5.25 Å². The molecule has 1 N–H and O–H groups in total. The molecule has 0 radical (unpaired) electrons. The van der Waals surface area contributed by atoms with E-state index in [2.05, 4.69) is 10.3 Å². The van der Waals surface area contributed by atoms with Gasteiger partial charge in [0.25, 0.3) is 0 Å². The number of esters is 1. The van der Waals surface area contributed by atoms with E-state index in [0.29, 0.717) is 33.7 Å². The molecule has 3 aromatic carbocycles. The molecule has 37 heavy (non-hydrogen) atoms. The van der Waals surface area contributed by atoms with Gasteiger partial charge in [0.15, 0.2) is 5.17 Å². The molecule has 3 aromatic rings. The Morgan fingerprint density at radius 1 is 1.11 bits per heavy atom. The average Bonchev–Trinajstić information content (AvgIpc) is 2.89. The molecule has 0 aliphatic carbocycles. The molecular weight excluding hydrogens is 510 g/mol. The van der Waals surface area contributed by atoms with Crippen LogP contribution in [0.3, 0.4) is 0 Å². The van der Waals surface area contributed by atoms with Crippen molar-refractivity contribution in [2.75, 3.05) is 11.9 Å². The van der Waals surface area contributed by atoms with Crippen molar-refractivity contribution in [3.05, 3.63) is 94.5 Å². The summed E-state index contributed by atoms with van der Waals surface area (Å²) in [7, 11) is 0. The van der Waals surface area contributed by atoms with Gasteiger partial charge in [-0.1, -0.05) is 59.8 Å². The lowest BCUT2D eigenvalue weighted by Gasteiger charge is -2.32. The fraction of sp³-hybridized carbons (Fsp3) is 0.214. The molecule has 2 amide bonds. The molecule has 1 heterocycles. The molecule has 1 aliphatic heterocycles. The Hall–Kier alpha value is -3.62. The number of rotatable bonds is 7. The van der Waals surface area contributed by atoms with E-state index >= 15 is 0 Å². The molecule has 0 aromatic heterocycles. The molecule has 7 nitrogen and oxygen atoms in total. The predicted molar refractivity (Wildman–Crippen MR) is 147 cm³/mol. The molecule has 0 saturated carbocycles. The lowest BCUT2D eigenvalue weighted by molar-refractivity contribution is -0.129. The van der Waals surface area contributed by atoms with Crippen molar-refractivity contribution in [1.82, 2.24) is 4.90 Å². The maximum absolute atomic E-state index is 13.3. The molecule has 190 valence electrons. The van der Waals surface area contributed by atoms with Gasteiger partial charge in [0.2, 0.25) is 11.8 Å². The monoisotopic (exact) mass is 535 g/mol. The first kappa shape index (κ1) is 26.4. The standard InChI is InChI=1S/C28H26ClN3O4S/c1-3-36-27(35)20-10-13-21(14-11-20)31-28-32(17-19-7-5-4-6-8-19)25(33)16-24(37-28)26(34)30-22-12-9-18(2)23(29)15-22/h4-15,24H,3,16-17H2,1-2H3,(H,30,34)/t24-/m1/s1. The summed E-state index contributed by atoms with van der Waals surface area (Å²) in [5.74, 6) is -0.919. The Morgan fingerprint density at radius 3 is 2.51 bits per heavy atom. The Bertz CT molecular complexity index is 1330. The Balaban J connectivity index is 1.59. The van der Waals surface area contributed by atoms with Gasteiger partial charge in [-0.15, -0.1) is 0 Å². The molecule has 1 aliphatic rings. The first-order chi connectivity index (χ1) is 17.8. The van der Waals surface area contributed by atoms with Crippen LogP contribution in [-0.2, 0) is 20.9 Å². The van der Waals surface area contributed by atoms with Gasteiger partial charge in [0.05, 0.1) is 24.4 Å². The summed E-state index contributed by atoms with van der Waals surface area (Å²) in [6.45, 7) is 4.24. The van der Waals surface area contributed by atoms with Crippen LogP contribution in [0.5, 0.6) is 0 Å². The first-order valence-electron chi connectivity index (χ1n) is 11.8.